The lowest BCUT2D eigenvalue weighted by Crippen LogP contribution is -2.44. The quantitative estimate of drug-likeness (QED) is 0.840. The molecule has 1 N–H and O–H groups in total. The van der Waals surface area contributed by atoms with Gasteiger partial charge in [-0.15, -0.1) is 0 Å². The monoisotopic (exact) mass is 255 g/mol. The number of rotatable bonds is 4. The molecule has 0 aromatic rings. The van der Waals surface area contributed by atoms with Crippen LogP contribution in [0, 0.1) is 5.92 Å². The van der Waals surface area contributed by atoms with Gasteiger partial charge < -0.3 is 10.0 Å². The maximum atomic E-state index is 12.4. The average molecular weight is 255 g/mol. The van der Waals surface area contributed by atoms with Gasteiger partial charge in [-0.1, -0.05) is 32.1 Å². The SMILES string of the molecule is CC(C)N(CC(=O)O)C(=O)C1CCCCCCC1. The molecule has 0 atom stereocenters. The molecule has 4 heteroatoms. The molecule has 0 spiro atoms. The van der Waals surface area contributed by atoms with E-state index in [1.54, 1.807) is 0 Å². The zero-order valence-corrected chi connectivity index (χ0v) is 11.5. The minimum atomic E-state index is -0.928. The highest BCUT2D eigenvalue weighted by molar-refractivity contribution is 5.83. The van der Waals surface area contributed by atoms with Gasteiger partial charge in [-0.05, 0) is 26.7 Å². The Hall–Kier alpha value is -1.06. The third-order valence-corrected chi connectivity index (χ3v) is 3.67. The number of carboxylic acids is 1. The van der Waals surface area contributed by atoms with Crippen LogP contribution in [0.3, 0.4) is 0 Å². The molecule has 1 amide bonds. The second-order valence-corrected chi connectivity index (χ2v) is 5.50. The van der Waals surface area contributed by atoms with E-state index in [1.807, 2.05) is 13.8 Å². The van der Waals surface area contributed by atoms with Gasteiger partial charge in [-0.25, -0.2) is 0 Å². The summed E-state index contributed by atoms with van der Waals surface area (Å²) in [6.07, 6.45) is 7.69. The van der Waals surface area contributed by atoms with Gasteiger partial charge in [0.1, 0.15) is 6.54 Å². The van der Waals surface area contributed by atoms with Crippen LogP contribution >= 0.6 is 0 Å². The van der Waals surface area contributed by atoms with Crippen molar-refractivity contribution in [3.05, 3.63) is 0 Å². The first-order chi connectivity index (χ1) is 8.52. The molecule has 1 rings (SSSR count). The first-order valence-corrected chi connectivity index (χ1v) is 7.04. The van der Waals surface area contributed by atoms with Gasteiger partial charge in [0.05, 0.1) is 0 Å². The summed E-state index contributed by atoms with van der Waals surface area (Å²) in [6, 6.07) is -0.0426. The van der Waals surface area contributed by atoms with Crippen LogP contribution in [0.1, 0.15) is 58.8 Å². The Kier molecular flexibility index (Phi) is 6.16. The second kappa shape index (κ2) is 7.39. The Morgan fingerprint density at radius 1 is 1.11 bits per heavy atom. The molecule has 1 aliphatic carbocycles. The van der Waals surface area contributed by atoms with Crippen molar-refractivity contribution in [2.75, 3.05) is 6.54 Å². The lowest BCUT2D eigenvalue weighted by molar-refractivity contribution is -0.148. The topological polar surface area (TPSA) is 57.6 Å². The molecule has 0 radical (unpaired) electrons. The van der Waals surface area contributed by atoms with Crippen LogP contribution in [0.15, 0.2) is 0 Å². The van der Waals surface area contributed by atoms with E-state index in [4.69, 9.17) is 5.11 Å². The average Bonchev–Trinajstić information content (AvgIpc) is 2.24. The summed E-state index contributed by atoms with van der Waals surface area (Å²) < 4.78 is 0. The molecule has 18 heavy (non-hydrogen) atoms. The summed E-state index contributed by atoms with van der Waals surface area (Å²) in [5.74, 6) is -0.857. The maximum absolute atomic E-state index is 12.4. The van der Waals surface area contributed by atoms with E-state index in [2.05, 4.69) is 0 Å². The van der Waals surface area contributed by atoms with Crippen LogP contribution in [0.2, 0.25) is 0 Å². The van der Waals surface area contributed by atoms with Crippen LogP contribution in [0.5, 0.6) is 0 Å². The number of hydrogen-bond acceptors (Lipinski definition) is 2. The van der Waals surface area contributed by atoms with Crippen molar-refractivity contribution < 1.29 is 14.7 Å². The van der Waals surface area contributed by atoms with E-state index in [1.165, 1.54) is 24.2 Å². The van der Waals surface area contributed by atoms with Gasteiger partial charge >= 0.3 is 5.97 Å². The summed E-state index contributed by atoms with van der Waals surface area (Å²) >= 11 is 0. The molecule has 4 nitrogen and oxygen atoms in total. The summed E-state index contributed by atoms with van der Waals surface area (Å²) in [6.45, 7) is 3.58. The van der Waals surface area contributed by atoms with Crippen molar-refractivity contribution >= 4 is 11.9 Å². The van der Waals surface area contributed by atoms with Crippen molar-refractivity contribution in [1.29, 1.82) is 0 Å². The van der Waals surface area contributed by atoms with Crippen molar-refractivity contribution in [1.82, 2.24) is 4.90 Å². The first-order valence-electron chi connectivity index (χ1n) is 7.04. The van der Waals surface area contributed by atoms with Crippen molar-refractivity contribution in [3.63, 3.8) is 0 Å². The van der Waals surface area contributed by atoms with Crippen molar-refractivity contribution in [2.24, 2.45) is 5.92 Å². The predicted molar refractivity (Wildman–Crippen MR) is 70.3 cm³/mol. The number of nitrogens with zero attached hydrogens (tertiary/aromatic N) is 1. The molecule has 0 bridgehead atoms. The summed E-state index contributed by atoms with van der Waals surface area (Å²) in [5.41, 5.74) is 0. The van der Waals surface area contributed by atoms with Gasteiger partial charge in [0.25, 0.3) is 0 Å². The zero-order chi connectivity index (χ0) is 13.5. The van der Waals surface area contributed by atoms with Crippen LogP contribution in [-0.2, 0) is 9.59 Å². The summed E-state index contributed by atoms with van der Waals surface area (Å²) in [5, 5.41) is 8.89. The van der Waals surface area contributed by atoms with Gasteiger partial charge in [0.2, 0.25) is 5.91 Å². The number of amides is 1. The van der Waals surface area contributed by atoms with Crippen LogP contribution in [0.4, 0.5) is 0 Å². The van der Waals surface area contributed by atoms with Gasteiger partial charge in [0.15, 0.2) is 0 Å². The Morgan fingerprint density at radius 2 is 1.61 bits per heavy atom. The van der Waals surface area contributed by atoms with Crippen molar-refractivity contribution in [3.8, 4) is 0 Å². The zero-order valence-electron chi connectivity index (χ0n) is 11.5. The fourth-order valence-corrected chi connectivity index (χ4v) is 2.60. The Balaban J connectivity index is 2.64. The van der Waals surface area contributed by atoms with Crippen molar-refractivity contribution in [2.45, 2.75) is 64.8 Å². The number of hydrogen-bond donors (Lipinski definition) is 1. The number of carbonyl (C=O) groups is 2. The molecule has 1 fully saturated rings. The molecule has 0 unspecified atom stereocenters. The molecular formula is C14H25NO3. The highest BCUT2D eigenvalue weighted by Gasteiger charge is 2.27. The van der Waals surface area contributed by atoms with Gasteiger partial charge in [-0.3, -0.25) is 9.59 Å². The van der Waals surface area contributed by atoms with E-state index in [0.717, 1.165) is 25.7 Å². The van der Waals surface area contributed by atoms with E-state index in [-0.39, 0.29) is 24.4 Å². The fraction of sp³-hybridized carbons (Fsp3) is 0.857. The molecular weight excluding hydrogens is 230 g/mol. The lowest BCUT2D eigenvalue weighted by Gasteiger charge is -2.30. The largest absolute Gasteiger partial charge is 0.480 e. The number of carboxylic acid groups (broad SMARTS) is 1. The van der Waals surface area contributed by atoms with E-state index in [9.17, 15) is 9.59 Å². The molecule has 104 valence electrons. The van der Waals surface area contributed by atoms with Crippen LogP contribution in [0.25, 0.3) is 0 Å². The molecule has 0 aromatic carbocycles. The molecule has 0 heterocycles. The standard InChI is InChI=1S/C14H25NO3/c1-11(2)15(10-13(16)17)14(18)12-8-6-4-3-5-7-9-12/h11-12H,3-10H2,1-2H3,(H,16,17). The van der Waals surface area contributed by atoms with E-state index < -0.39 is 5.97 Å². The Labute approximate surface area is 109 Å². The van der Waals surface area contributed by atoms with Crippen LogP contribution in [-0.4, -0.2) is 34.5 Å². The summed E-state index contributed by atoms with van der Waals surface area (Å²) in [4.78, 5) is 24.7. The fourth-order valence-electron chi connectivity index (χ4n) is 2.60. The highest BCUT2D eigenvalue weighted by Crippen LogP contribution is 2.24. The third-order valence-electron chi connectivity index (χ3n) is 3.67. The third kappa shape index (κ3) is 4.67. The molecule has 0 aliphatic heterocycles. The first kappa shape index (κ1) is 15.0. The van der Waals surface area contributed by atoms with Gasteiger partial charge in [-0.2, -0.15) is 0 Å². The minimum absolute atomic E-state index is 0.0343. The summed E-state index contributed by atoms with van der Waals surface area (Å²) in [7, 11) is 0. The maximum Gasteiger partial charge on any atom is 0.323 e. The highest BCUT2D eigenvalue weighted by atomic mass is 16.4. The molecule has 0 saturated heterocycles. The van der Waals surface area contributed by atoms with Gasteiger partial charge in [0, 0.05) is 12.0 Å². The molecule has 1 aliphatic rings. The Morgan fingerprint density at radius 3 is 2.06 bits per heavy atom. The lowest BCUT2D eigenvalue weighted by atomic mass is 9.90. The normalized spacial score (nSPS) is 18.2. The van der Waals surface area contributed by atoms with E-state index in [0.29, 0.717) is 0 Å². The van der Waals surface area contributed by atoms with Crippen LogP contribution < -0.4 is 0 Å². The molecule has 1 saturated carbocycles. The molecule has 0 aromatic heterocycles. The predicted octanol–water partition coefficient (Wildman–Crippen LogP) is 2.67. The smallest absolute Gasteiger partial charge is 0.323 e. The van der Waals surface area contributed by atoms with E-state index >= 15 is 0 Å². The minimum Gasteiger partial charge on any atom is -0.480 e. The number of carbonyl (C=O) groups excluding carboxylic acids is 1. The number of aliphatic carboxylic acids is 1. The Bertz CT molecular complexity index is 281. The second-order valence-electron chi connectivity index (χ2n) is 5.50.